The van der Waals surface area contributed by atoms with Crippen LogP contribution in [0.1, 0.15) is 22.7 Å². The van der Waals surface area contributed by atoms with Crippen molar-refractivity contribution in [2.24, 2.45) is 5.92 Å². The van der Waals surface area contributed by atoms with Crippen LogP contribution in [0.15, 0.2) is 53.9 Å². The second-order valence-corrected chi connectivity index (χ2v) is 8.27. The van der Waals surface area contributed by atoms with E-state index in [4.69, 9.17) is 9.47 Å². The first kappa shape index (κ1) is 21.0. The van der Waals surface area contributed by atoms with Crippen LogP contribution in [0.4, 0.5) is 10.1 Å². The summed E-state index contributed by atoms with van der Waals surface area (Å²) in [4.78, 5) is 30.8. The van der Waals surface area contributed by atoms with Gasteiger partial charge in [-0.3, -0.25) is 9.59 Å². The van der Waals surface area contributed by atoms with Gasteiger partial charge in [0, 0.05) is 24.0 Å². The van der Waals surface area contributed by atoms with Crippen LogP contribution < -0.4 is 9.64 Å². The zero-order valence-corrected chi connectivity index (χ0v) is 17.7. The number of nitrogens with zero attached hydrogens (tertiary/aromatic N) is 2. The molecule has 0 bridgehead atoms. The van der Waals surface area contributed by atoms with Crippen molar-refractivity contribution in [3.05, 3.63) is 76.0 Å². The molecule has 1 aliphatic rings. The minimum absolute atomic E-state index is 0.0428. The summed E-state index contributed by atoms with van der Waals surface area (Å²) in [6.45, 7) is 2.58. The van der Waals surface area contributed by atoms with Gasteiger partial charge in [-0.15, -0.1) is 11.3 Å². The summed E-state index contributed by atoms with van der Waals surface area (Å²) in [5.41, 5.74) is 2.52. The quantitative estimate of drug-likeness (QED) is 0.514. The summed E-state index contributed by atoms with van der Waals surface area (Å²) < 4.78 is 23.9. The Morgan fingerprint density at radius 2 is 1.90 bits per heavy atom. The molecule has 1 unspecified atom stereocenters. The lowest BCUT2D eigenvalue weighted by Gasteiger charge is -2.16. The van der Waals surface area contributed by atoms with E-state index >= 15 is 0 Å². The van der Waals surface area contributed by atoms with E-state index in [2.05, 4.69) is 4.98 Å². The van der Waals surface area contributed by atoms with E-state index in [-0.39, 0.29) is 31.4 Å². The number of thiazole rings is 1. The lowest BCUT2D eigenvalue weighted by Crippen LogP contribution is -2.26. The maximum absolute atomic E-state index is 12.9. The predicted molar refractivity (Wildman–Crippen MR) is 114 cm³/mol. The van der Waals surface area contributed by atoms with E-state index in [1.807, 2.05) is 31.2 Å². The smallest absolute Gasteiger partial charge is 0.311 e. The number of aryl methyl sites for hydroxylation is 1. The number of aromatic nitrogens is 1. The predicted octanol–water partition coefficient (Wildman–Crippen LogP) is 4.27. The van der Waals surface area contributed by atoms with Crippen molar-refractivity contribution < 1.29 is 23.5 Å². The minimum Gasteiger partial charge on any atom is -0.486 e. The highest BCUT2D eigenvalue weighted by molar-refractivity contribution is 7.09. The molecule has 0 N–H and O–H groups in total. The Kier molecular flexibility index (Phi) is 6.27. The van der Waals surface area contributed by atoms with Gasteiger partial charge in [-0.2, -0.15) is 0 Å². The van der Waals surface area contributed by atoms with Crippen molar-refractivity contribution in [2.75, 3.05) is 11.4 Å². The maximum Gasteiger partial charge on any atom is 0.311 e. The van der Waals surface area contributed by atoms with Crippen molar-refractivity contribution in [2.45, 2.75) is 26.6 Å². The van der Waals surface area contributed by atoms with Gasteiger partial charge in [-0.05, 0) is 43.3 Å². The number of rotatable bonds is 7. The van der Waals surface area contributed by atoms with Crippen molar-refractivity contribution >= 4 is 28.9 Å². The molecular weight excluding hydrogens is 419 g/mol. The van der Waals surface area contributed by atoms with Crippen molar-refractivity contribution in [3.63, 3.8) is 0 Å². The van der Waals surface area contributed by atoms with Gasteiger partial charge in [0.05, 0.1) is 11.6 Å². The number of esters is 1. The van der Waals surface area contributed by atoms with E-state index in [0.29, 0.717) is 18.0 Å². The van der Waals surface area contributed by atoms with Crippen LogP contribution in [-0.2, 0) is 27.5 Å². The molecule has 6 nitrogen and oxygen atoms in total. The summed E-state index contributed by atoms with van der Waals surface area (Å²) in [6.07, 6.45) is 0.139. The number of halogens is 1. The van der Waals surface area contributed by atoms with E-state index in [1.165, 1.54) is 23.5 Å². The number of anilines is 1. The van der Waals surface area contributed by atoms with Crippen molar-refractivity contribution in [3.8, 4) is 5.75 Å². The Balaban J connectivity index is 1.26. The molecule has 0 aliphatic carbocycles. The Bertz CT molecular complexity index is 1070. The molecule has 8 heteroatoms. The van der Waals surface area contributed by atoms with Gasteiger partial charge in [0.1, 0.15) is 29.8 Å². The summed E-state index contributed by atoms with van der Waals surface area (Å²) in [5, 5.41) is 2.52. The van der Waals surface area contributed by atoms with Crippen LogP contribution >= 0.6 is 11.3 Å². The topological polar surface area (TPSA) is 68.7 Å². The second kappa shape index (κ2) is 9.26. The van der Waals surface area contributed by atoms with Gasteiger partial charge in [-0.25, -0.2) is 9.37 Å². The van der Waals surface area contributed by atoms with Crippen molar-refractivity contribution in [1.82, 2.24) is 4.98 Å². The molecule has 1 atom stereocenters. The van der Waals surface area contributed by atoms with E-state index in [1.54, 1.807) is 22.4 Å². The third kappa shape index (κ3) is 5.27. The highest BCUT2D eigenvalue weighted by Crippen LogP contribution is 2.26. The molecule has 0 spiro atoms. The molecule has 4 rings (SSSR count). The SMILES string of the molecule is Cc1ccc(N2CC(C(=O)OCc3csc(COc4ccc(F)cc4)n3)CC2=O)cc1. The third-order valence-electron chi connectivity index (χ3n) is 4.94. The van der Waals surface area contributed by atoms with Gasteiger partial charge in [0.15, 0.2) is 0 Å². The van der Waals surface area contributed by atoms with Crippen LogP contribution in [0, 0.1) is 18.7 Å². The fourth-order valence-electron chi connectivity index (χ4n) is 3.26. The Labute approximate surface area is 183 Å². The minimum atomic E-state index is -0.492. The normalized spacial score (nSPS) is 15.9. The average molecular weight is 440 g/mol. The van der Waals surface area contributed by atoms with Gasteiger partial charge in [0.2, 0.25) is 5.91 Å². The fraction of sp³-hybridized carbons (Fsp3) is 0.261. The summed E-state index contributed by atoms with van der Waals surface area (Å²) >= 11 is 1.39. The molecule has 31 heavy (non-hydrogen) atoms. The molecule has 1 fully saturated rings. The van der Waals surface area contributed by atoms with E-state index in [0.717, 1.165) is 16.3 Å². The first-order chi connectivity index (χ1) is 15.0. The first-order valence-corrected chi connectivity index (χ1v) is 10.7. The Morgan fingerprint density at radius 3 is 2.65 bits per heavy atom. The zero-order valence-electron chi connectivity index (χ0n) is 16.9. The number of carbonyl (C=O) groups is 2. The summed E-state index contributed by atoms with van der Waals surface area (Å²) in [7, 11) is 0. The summed E-state index contributed by atoms with van der Waals surface area (Å²) in [6, 6.07) is 13.4. The molecule has 3 aromatic rings. The molecule has 1 aromatic heterocycles. The molecule has 1 amide bonds. The lowest BCUT2D eigenvalue weighted by atomic mass is 10.1. The van der Waals surface area contributed by atoms with Gasteiger partial charge >= 0.3 is 5.97 Å². The highest BCUT2D eigenvalue weighted by atomic mass is 32.1. The van der Waals surface area contributed by atoms with E-state index < -0.39 is 11.9 Å². The van der Waals surface area contributed by atoms with Crippen LogP contribution in [0.2, 0.25) is 0 Å². The van der Waals surface area contributed by atoms with Crippen LogP contribution in [0.25, 0.3) is 0 Å². The molecule has 2 aromatic carbocycles. The summed E-state index contributed by atoms with van der Waals surface area (Å²) in [5.74, 6) is -0.751. The number of hydrogen-bond acceptors (Lipinski definition) is 6. The monoisotopic (exact) mass is 440 g/mol. The molecule has 0 radical (unpaired) electrons. The molecular formula is C23H21FN2O4S. The number of ether oxygens (including phenoxy) is 2. The lowest BCUT2D eigenvalue weighted by molar-refractivity contribution is -0.149. The number of hydrogen-bond donors (Lipinski definition) is 0. The number of benzene rings is 2. The number of amides is 1. The molecule has 2 heterocycles. The van der Waals surface area contributed by atoms with Gasteiger partial charge in [0.25, 0.3) is 0 Å². The Morgan fingerprint density at radius 1 is 1.16 bits per heavy atom. The van der Waals surface area contributed by atoms with Crippen LogP contribution in [-0.4, -0.2) is 23.4 Å². The van der Waals surface area contributed by atoms with Crippen LogP contribution in [0.5, 0.6) is 5.75 Å². The standard InChI is InChI=1S/C23H21FN2O4S/c1-15-2-6-19(7-3-15)26-11-16(10-22(26)27)23(28)30-12-18-14-31-21(25-18)13-29-20-8-4-17(24)5-9-20/h2-9,14,16H,10-13H2,1H3. The van der Waals surface area contributed by atoms with Gasteiger partial charge < -0.3 is 14.4 Å². The first-order valence-electron chi connectivity index (χ1n) is 9.83. The average Bonchev–Trinajstić information content (AvgIpc) is 3.39. The largest absolute Gasteiger partial charge is 0.486 e. The van der Waals surface area contributed by atoms with E-state index in [9.17, 15) is 14.0 Å². The molecule has 1 aliphatic heterocycles. The maximum atomic E-state index is 12.9. The Hall–Kier alpha value is -3.26. The van der Waals surface area contributed by atoms with Gasteiger partial charge in [-0.1, -0.05) is 17.7 Å². The fourth-order valence-corrected chi connectivity index (χ4v) is 3.95. The second-order valence-electron chi connectivity index (χ2n) is 7.32. The molecule has 0 saturated carbocycles. The number of carbonyl (C=O) groups excluding carboxylic acids is 2. The molecule has 1 saturated heterocycles. The highest BCUT2D eigenvalue weighted by Gasteiger charge is 2.36. The third-order valence-corrected chi connectivity index (χ3v) is 5.81. The van der Waals surface area contributed by atoms with Crippen molar-refractivity contribution in [1.29, 1.82) is 0 Å². The molecule has 160 valence electrons. The van der Waals surface area contributed by atoms with Crippen LogP contribution in [0.3, 0.4) is 0 Å². The zero-order chi connectivity index (χ0) is 21.8.